The molecule has 1 fully saturated rings. The number of benzene rings is 2. The fraction of sp³-hybridized carbons (Fsp3) is 0.318. The molecule has 2 aromatic rings. The summed E-state index contributed by atoms with van der Waals surface area (Å²) in [5.41, 5.74) is 7.89. The molecular formula is C22H25N3O3. The molecule has 6 nitrogen and oxygen atoms in total. The van der Waals surface area contributed by atoms with Gasteiger partial charge in [0.05, 0.1) is 17.8 Å². The first-order valence-electron chi connectivity index (χ1n) is 9.50. The average Bonchev–Trinajstić information content (AvgIpc) is 3.16. The third-order valence-electron chi connectivity index (χ3n) is 5.03. The van der Waals surface area contributed by atoms with Gasteiger partial charge in [-0.2, -0.15) is 0 Å². The number of likely N-dealkylation sites (tertiary alicyclic amines) is 1. The Morgan fingerprint density at radius 2 is 1.86 bits per heavy atom. The van der Waals surface area contributed by atoms with E-state index in [-0.39, 0.29) is 24.2 Å². The van der Waals surface area contributed by atoms with Crippen molar-refractivity contribution in [1.82, 2.24) is 4.90 Å². The Balaban J connectivity index is 1.66. The van der Waals surface area contributed by atoms with Crippen molar-refractivity contribution in [3.63, 3.8) is 0 Å². The first-order valence-corrected chi connectivity index (χ1v) is 9.50. The Hall–Kier alpha value is -2.83. The first kappa shape index (κ1) is 19.9. The van der Waals surface area contributed by atoms with Gasteiger partial charge in [0.2, 0.25) is 5.91 Å². The van der Waals surface area contributed by atoms with Gasteiger partial charge in [-0.1, -0.05) is 42.5 Å². The Labute approximate surface area is 164 Å². The SMILES string of the molecule is NC(CN1CCC[C@H]1C=O)C(=O)Nc1ccccc1C(=O)Cc1ccccc1. The van der Waals surface area contributed by atoms with E-state index in [1.54, 1.807) is 24.3 Å². The van der Waals surface area contributed by atoms with Crippen molar-refractivity contribution in [2.75, 3.05) is 18.4 Å². The number of aldehydes is 1. The van der Waals surface area contributed by atoms with Gasteiger partial charge in [0, 0.05) is 18.5 Å². The topological polar surface area (TPSA) is 92.5 Å². The molecule has 0 radical (unpaired) electrons. The van der Waals surface area contributed by atoms with Gasteiger partial charge in [-0.15, -0.1) is 0 Å². The van der Waals surface area contributed by atoms with Crippen molar-refractivity contribution in [2.24, 2.45) is 5.73 Å². The maximum absolute atomic E-state index is 12.7. The number of rotatable bonds is 8. The molecule has 1 unspecified atom stereocenters. The van der Waals surface area contributed by atoms with Crippen molar-refractivity contribution in [1.29, 1.82) is 0 Å². The Kier molecular flexibility index (Phi) is 6.68. The molecule has 1 aliphatic heterocycles. The predicted molar refractivity (Wildman–Crippen MR) is 108 cm³/mol. The van der Waals surface area contributed by atoms with Crippen molar-refractivity contribution >= 4 is 23.7 Å². The van der Waals surface area contributed by atoms with Crippen molar-refractivity contribution in [3.05, 3.63) is 65.7 Å². The van der Waals surface area contributed by atoms with Gasteiger partial charge in [-0.3, -0.25) is 14.5 Å². The van der Waals surface area contributed by atoms with Crippen LogP contribution in [0.1, 0.15) is 28.8 Å². The van der Waals surface area contributed by atoms with Crippen LogP contribution in [-0.4, -0.2) is 48.0 Å². The molecule has 0 bridgehead atoms. The number of para-hydroxylation sites is 1. The second-order valence-electron chi connectivity index (χ2n) is 7.07. The Morgan fingerprint density at radius 1 is 1.14 bits per heavy atom. The van der Waals surface area contributed by atoms with E-state index in [1.807, 2.05) is 35.2 Å². The molecule has 3 rings (SSSR count). The summed E-state index contributed by atoms with van der Waals surface area (Å²) in [6.07, 6.45) is 2.90. The van der Waals surface area contributed by atoms with E-state index in [1.165, 1.54) is 0 Å². The van der Waals surface area contributed by atoms with Crippen LogP contribution in [-0.2, 0) is 16.0 Å². The summed E-state index contributed by atoms with van der Waals surface area (Å²) in [5, 5.41) is 2.78. The lowest BCUT2D eigenvalue weighted by Gasteiger charge is -2.23. The van der Waals surface area contributed by atoms with Gasteiger partial charge >= 0.3 is 0 Å². The number of nitrogens with one attached hydrogen (secondary N) is 1. The number of amides is 1. The van der Waals surface area contributed by atoms with E-state index in [0.717, 1.165) is 31.2 Å². The van der Waals surface area contributed by atoms with Gasteiger partial charge in [0.25, 0.3) is 0 Å². The van der Waals surface area contributed by atoms with Gasteiger partial charge in [-0.05, 0) is 37.1 Å². The number of hydrogen-bond donors (Lipinski definition) is 2. The van der Waals surface area contributed by atoms with Crippen LogP contribution in [0.25, 0.3) is 0 Å². The van der Waals surface area contributed by atoms with Crippen molar-refractivity contribution in [2.45, 2.75) is 31.3 Å². The zero-order chi connectivity index (χ0) is 19.9. The van der Waals surface area contributed by atoms with E-state index in [9.17, 15) is 14.4 Å². The van der Waals surface area contributed by atoms with Gasteiger partial charge < -0.3 is 15.8 Å². The molecule has 1 heterocycles. The summed E-state index contributed by atoms with van der Waals surface area (Å²) in [6, 6.07) is 15.5. The van der Waals surface area contributed by atoms with Crippen LogP contribution < -0.4 is 11.1 Å². The standard InChI is InChI=1S/C22H25N3O3/c23-19(14-25-12-6-9-17(25)15-26)22(28)24-20-11-5-4-10-18(20)21(27)13-16-7-2-1-3-8-16/h1-5,7-8,10-11,15,17,19H,6,9,12-14,23H2,(H,24,28)/t17-,19?/m0/s1. The summed E-state index contributed by atoms with van der Waals surface area (Å²) in [6.45, 7) is 1.08. The Bertz CT molecular complexity index is 838. The summed E-state index contributed by atoms with van der Waals surface area (Å²) >= 11 is 0. The van der Waals surface area contributed by atoms with E-state index in [2.05, 4.69) is 5.32 Å². The molecule has 0 saturated carbocycles. The summed E-state index contributed by atoms with van der Waals surface area (Å²) in [7, 11) is 0. The zero-order valence-corrected chi connectivity index (χ0v) is 15.7. The van der Waals surface area contributed by atoms with Gasteiger partial charge in [0.15, 0.2) is 5.78 Å². The summed E-state index contributed by atoms with van der Waals surface area (Å²) < 4.78 is 0. The number of nitrogens with zero attached hydrogens (tertiary/aromatic N) is 1. The number of carbonyl (C=O) groups is 3. The molecule has 2 atom stereocenters. The normalized spacial score (nSPS) is 17.8. The molecule has 3 N–H and O–H groups in total. The van der Waals surface area contributed by atoms with Crippen LogP contribution in [0.3, 0.4) is 0 Å². The minimum absolute atomic E-state index is 0.0729. The number of nitrogens with two attached hydrogens (primary N) is 1. The number of anilines is 1. The first-order chi connectivity index (χ1) is 13.6. The van der Waals surface area contributed by atoms with Crippen LogP contribution in [0.15, 0.2) is 54.6 Å². The minimum Gasteiger partial charge on any atom is -0.324 e. The van der Waals surface area contributed by atoms with Crippen LogP contribution in [0, 0.1) is 0 Å². The van der Waals surface area contributed by atoms with Crippen LogP contribution in [0.4, 0.5) is 5.69 Å². The zero-order valence-electron chi connectivity index (χ0n) is 15.7. The highest BCUT2D eigenvalue weighted by molar-refractivity contribution is 6.06. The quantitative estimate of drug-likeness (QED) is 0.541. The van der Waals surface area contributed by atoms with E-state index in [4.69, 9.17) is 5.73 Å². The molecule has 6 heteroatoms. The van der Waals surface area contributed by atoms with Gasteiger partial charge in [0.1, 0.15) is 6.29 Å². The fourth-order valence-corrected chi connectivity index (χ4v) is 3.51. The second kappa shape index (κ2) is 9.39. The monoisotopic (exact) mass is 379 g/mol. The largest absolute Gasteiger partial charge is 0.324 e. The number of carbonyl (C=O) groups excluding carboxylic acids is 3. The molecule has 28 heavy (non-hydrogen) atoms. The molecular weight excluding hydrogens is 354 g/mol. The predicted octanol–water partition coefficient (Wildman–Crippen LogP) is 2.04. The molecule has 1 saturated heterocycles. The van der Waals surface area contributed by atoms with Crippen LogP contribution in [0.2, 0.25) is 0 Å². The summed E-state index contributed by atoms with van der Waals surface area (Å²) in [5.74, 6) is -0.437. The Morgan fingerprint density at radius 3 is 2.61 bits per heavy atom. The fourth-order valence-electron chi connectivity index (χ4n) is 3.51. The maximum Gasteiger partial charge on any atom is 0.242 e. The molecule has 0 spiro atoms. The number of Topliss-reactive ketones (excluding diaryl/α,β-unsaturated/α-hetero) is 1. The maximum atomic E-state index is 12.7. The third-order valence-corrected chi connectivity index (χ3v) is 5.03. The van der Waals surface area contributed by atoms with Crippen molar-refractivity contribution < 1.29 is 14.4 Å². The van der Waals surface area contributed by atoms with E-state index in [0.29, 0.717) is 17.8 Å². The van der Waals surface area contributed by atoms with E-state index >= 15 is 0 Å². The smallest absolute Gasteiger partial charge is 0.242 e. The van der Waals surface area contributed by atoms with E-state index < -0.39 is 6.04 Å². The highest BCUT2D eigenvalue weighted by Gasteiger charge is 2.27. The highest BCUT2D eigenvalue weighted by atomic mass is 16.2. The lowest BCUT2D eigenvalue weighted by Crippen LogP contribution is -2.47. The summed E-state index contributed by atoms with van der Waals surface area (Å²) in [4.78, 5) is 38.3. The third kappa shape index (κ3) is 4.91. The average molecular weight is 379 g/mol. The van der Waals surface area contributed by atoms with Crippen LogP contribution >= 0.6 is 0 Å². The molecule has 146 valence electrons. The molecule has 0 aromatic heterocycles. The highest BCUT2D eigenvalue weighted by Crippen LogP contribution is 2.19. The molecule has 2 aromatic carbocycles. The number of ketones is 1. The second-order valence-corrected chi connectivity index (χ2v) is 7.07. The minimum atomic E-state index is -0.780. The molecule has 1 aliphatic rings. The van der Waals surface area contributed by atoms with Crippen molar-refractivity contribution in [3.8, 4) is 0 Å². The lowest BCUT2D eigenvalue weighted by atomic mass is 10.0. The molecule has 0 aliphatic carbocycles. The van der Waals surface area contributed by atoms with Gasteiger partial charge in [-0.25, -0.2) is 0 Å². The lowest BCUT2D eigenvalue weighted by molar-refractivity contribution is -0.118. The van der Waals surface area contributed by atoms with Crippen LogP contribution in [0.5, 0.6) is 0 Å². The number of hydrogen-bond acceptors (Lipinski definition) is 5. The molecule has 1 amide bonds.